The van der Waals surface area contributed by atoms with Crippen LogP contribution in [0.3, 0.4) is 0 Å². The van der Waals surface area contributed by atoms with Crippen LogP contribution in [0.2, 0.25) is 0 Å². The molecule has 2 aromatic carbocycles. The molecule has 0 radical (unpaired) electrons. The van der Waals surface area contributed by atoms with Crippen molar-refractivity contribution in [3.8, 4) is 17.0 Å². The monoisotopic (exact) mass is 314 g/mol. The molecule has 1 aliphatic rings. The van der Waals surface area contributed by atoms with Crippen molar-refractivity contribution in [1.29, 1.82) is 0 Å². The molecule has 0 amide bonds. The van der Waals surface area contributed by atoms with Crippen LogP contribution >= 0.6 is 0 Å². The number of rotatable bonds is 1. The number of aromatic nitrogens is 2. The fraction of sp³-hybridized carbons (Fsp3) is 0.190. The van der Waals surface area contributed by atoms with Crippen LogP contribution in [0.15, 0.2) is 48.7 Å². The Labute approximate surface area is 140 Å². The molecule has 5 rings (SSSR count). The van der Waals surface area contributed by atoms with Crippen LogP contribution in [0.5, 0.6) is 5.75 Å². The zero-order valence-corrected chi connectivity index (χ0v) is 13.3. The molecular formula is C21H18N2O. The van der Waals surface area contributed by atoms with E-state index in [1.807, 2.05) is 24.4 Å². The first-order valence-electron chi connectivity index (χ1n) is 8.52. The van der Waals surface area contributed by atoms with Gasteiger partial charge in [-0.3, -0.25) is 0 Å². The first kappa shape index (κ1) is 13.6. The average molecular weight is 314 g/mol. The number of benzene rings is 2. The first-order valence-corrected chi connectivity index (χ1v) is 8.52. The summed E-state index contributed by atoms with van der Waals surface area (Å²) in [4.78, 5) is 8.32. The van der Waals surface area contributed by atoms with E-state index in [9.17, 15) is 5.11 Å². The Morgan fingerprint density at radius 3 is 2.71 bits per heavy atom. The molecule has 0 bridgehead atoms. The van der Waals surface area contributed by atoms with Gasteiger partial charge in [0, 0.05) is 28.0 Å². The highest BCUT2D eigenvalue weighted by Crippen LogP contribution is 2.38. The normalized spacial score (nSPS) is 14.2. The van der Waals surface area contributed by atoms with E-state index in [4.69, 9.17) is 4.98 Å². The number of H-pyrrole nitrogens is 1. The van der Waals surface area contributed by atoms with Crippen molar-refractivity contribution in [3.05, 3.63) is 59.8 Å². The van der Waals surface area contributed by atoms with Crippen LogP contribution in [0.25, 0.3) is 33.1 Å². The molecule has 0 unspecified atom stereocenters. The van der Waals surface area contributed by atoms with Gasteiger partial charge in [-0.25, -0.2) is 4.98 Å². The van der Waals surface area contributed by atoms with Crippen molar-refractivity contribution in [2.24, 2.45) is 0 Å². The molecular weight excluding hydrogens is 296 g/mol. The number of hydrogen-bond donors (Lipinski definition) is 2. The lowest BCUT2D eigenvalue weighted by Gasteiger charge is -2.22. The van der Waals surface area contributed by atoms with Crippen molar-refractivity contribution in [2.75, 3.05) is 0 Å². The number of aromatic amines is 1. The number of aryl methyl sites for hydroxylation is 1. The smallest absolute Gasteiger partial charge is 0.116 e. The molecule has 24 heavy (non-hydrogen) atoms. The quantitative estimate of drug-likeness (QED) is 0.521. The summed E-state index contributed by atoms with van der Waals surface area (Å²) in [7, 11) is 0. The van der Waals surface area contributed by atoms with Gasteiger partial charge in [0.1, 0.15) is 5.75 Å². The molecule has 2 heterocycles. The van der Waals surface area contributed by atoms with E-state index in [0.717, 1.165) is 29.6 Å². The number of nitrogens with zero attached hydrogens (tertiary/aromatic N) is 1. The number of phenolic OH excluding ortho intramolecular Hbond substituents is 1. The van der Waals surface area contributed by atoms with Crippen LogP contribution in [0.1, 0.15) is 24.0 Å². The lowest BCUT2D eigenvalue weighted by molar-refractivity contribution is 0.475. The van der Waals surface area contributed by atoms with Crippen molar-refractivity contribution in [2.45, 2.75) is 25.7 Å². The molecule has 0 aliphatic heterocycles. The predicted molar refractivity (Wildman–Crippen MR) is 97.3 cm³/mol. The molecule has 4 aromatic rings. The highest BCUT2D eigenvalue weighted by atomic mass is 16.3. The molecule has 2 N–H and O–H groups in total. The zero-order valence-electron chi connectivity index (χ0n) is 13.3. The van der Waals surface area contributed by atoms with Crippen molar-refractivity contribution in [3.63, 3.8) is 0 Å². The molecule has 0 fully saturated rings. The SMILES string of the molecule is Oc1cccc(-c2nc3ccc4[nH]ccc4c3c3c2CCCC3)c1. The van der Waals surface area contributed by atoms with Crippen LogP contribution < -0.4 is 0 Å². The van der Waals surface area contributed by atoms with Gasteiger partial charge in [-0.2, -0.15) is 0 Å². The first-order chi connectivity index (χ1) is 11.8. The second kappa shape index (κ2) is 5.10. The molecule has 118 valence electrons. The van der Waals surface area contributed by atoms with Gasteiger partial charge in [-0.15, -0.1) is 0 Å². The summed E-state index contributed by atoms with van der Waals surface area (Å²) in [5.74, 6) is 0.292. The summed E-state index contributed by atoms with van der Waals surface area (Å²) < 4.78 is 0. The summed E-state index contributed by atoms with van der Waals surface area (Å²) in [5, 5.41) is 12.4. The fourth-order valence-electron chi connectivity index (χ4n) is 4.05. The maximum atomic E-state index is 9.87. The van der Waals surface area contributed by atoms with Gasteiger partial charge in [0.05, 0.1) is 11.2 Å². The third kappa shape index (κ3) is 1.94. The predicted octanol–water partition coefficient (Wildman–Crippen LogP) is 4.97. The summed E-state index contributed by atoms with van der Waals surface area (Å²) >= 11 is 0. The summed E-state index contributed by atoms with van der Waals surface area (Å²) in [6.45, 7) is 0. The van der Waals surface area contributed by atoms with Crippen LogP contribution in [-0.4, -0.2) is 15.1 Å². The molecule has 2 aromatic heterocycles. The Kier molecular flexibility index (Phi) is 2.89. The number of pyridine rings is 1. The second-order valence-electron chi connectivity index (χ2n) is 6.57. The number of phenols is 1. The standard InChI is InChI=1S/C21H18N2O/c24-14-5-3-4-13(12-14)21-16-7-2-1-6-15(16)20-17-10-11-22-18(17)8-9-19(20)23-21/h3-5,8-12,22,24H,1-2,6-7H2. The minimum Gasteiger partial charge on any atom is -0.508 e. The van der Waals surface area contributed by atoms with Crippen molar-refractivity contribution >= 4 is 21.8 Å². The highest BCUT2D eigenvalue weighted by molar-refractivity contribution is 6.08. The molecule has 0 saturated heterocycles. The lowest BCUT2D eigenvalue weighted by Crippen LogP contribution is -2.07. The molecule has 0 atom stereocenters. The molecule has 3 nitrogen and oxygen atoms in total. The van der Waals surface area contributed by atoms with Gasteiger partial charge in [0.25, 0.3) is 0 Å². The van der Waals surface area contributed by atoms with Gasteiger partial charge in [0.2, 0.25) is 0 Å². The minimum absolute atomic E-state index is 0.292. The maximum Gasteiger partial charge on any atom is 0.116 e. The molecule has 1 aliphatic carbocycles. The molecule has 3 heteroatoms. The van der Waals surface area contributed by atoms with E-state index in [2.05, 4.69) is 23.2 Å². The maximum absolute atomic E-state index is 9.87. The number of hydrogen-bond acceptors (Lipinski definition) is 2. The molecule has 0 spiro atoms. The fourth-order valence-corrected chi connectivity index (χ4v) is 4.05. The third-order valence-electron chi connectivity index (χ3n) is 5.12. The topological polar surface area (TPSA) is 48.9 Å². The number of aromatic hydroxyl groups is 1. The van der Waals surface area contributed by atoms with E-state index in [0.29, 0.717) is 5.75 Å². The second-order valence-corrected chi connectivity index (χ2v) is 6.57. The Morgan fingerprint density at radius 2 is 1.83 bits per heavy atom. The number of fused-ring (bicyclic) bond motifs is 5. The zero-order chi connectivity index (χ0) is 16.1. The van der Waals surface area contributed by atoms with Crippen LogP contribution in [0, 0.1) is 0 Å². The van der Waals surface area contributed by atoms with Gasteiger partial charge in [-0.05, 0) is 67.1 Å². The Balaban J connectivity index is 1.90. The molecule has 0 saturated carbocycles. The van der Waals surface area contributed by atoms with Gasteiger partial charge in [-0.1, -0.05) is 12.1 Å². The third-order valence-corrected chi connectivity index (χ3v) is 5.12. The van der Waals surface area contributed by atoms with E-state index in [-0.39, 0.29) is 0 Å². The largest absolute Gasteiger partial charge is 0.508 e. The van der Waals surface area contributed by atoms with E-state index < -0.39 is 0 Å². The van der Waals surface area contributed by atoms with Gasteiger partial charge >= 0.3 is 0 Å². The van der Waals surface area contributed by atoms with Crippen molar-refractivity contribution in [1.82, 2.24) is 9.97 Å². The average Bonchev–Trinajstić information content (AvgIpc) is 3.09. The highest BCUT2D eigenvalue weighted by Gasteiger charge is 2.20. The van der Waals surface area contributed by atoms with Gasteiger partial charge in [0.15, 0.2) is 0 Å². The van der Waals surface area contributed by atoms with Crippen LogP contribution in [-0.2, 0) is 12.8 Å². The number of nitrogens with one attached hydrogen (secondary N) is 1. The van der Waals surface area contributed by atoms with E-state index in [1.54, 1.807) is 6.07 Å². The summed E-state index contributed by atoms with van der Waals surface area (Å²) in [5.41, 5.74) is 7.04. The van der Waals surface area contributed by atoms with Crippen LogP contribution in [0.4, 0.5) is 0 Å². The lowest BCUT2D eigenvalue weighted by atomic mass is 9.85. The minimum atomic E-state index is 0.292. The Hall–Kier alpha value is -2.81. The Morgan fingerprint density at radius 1 is 0.958 bits per heavy atom. The van der Waals surface area contributed by atoms with E-state index in [1.165, 1.54) is 40.3 Å². The Bertz CT molecular complexity index is 1080. The van der Waals surface area contributed by atoms with Gasteiger partial charge < -0.3 is 10.1 Å². The summed E-state index contributed by atoms with van der Waals surface area (Å²) in [6.07, 6.45) is 6.60. The van der Waals surface area contributed by atoms with E-state index >= 15 is 0 Å². The van der Waals surface area contributed by atoms with Crippen molar-refractivity contribution < 1.29 is 5.11 Å². The summed E-state index contributed by atoms with van der Waals surface area (Å²) in [6, 6.07) is 13.8.